The van der Waals surface area contributed by atoms with E-state index >= 15 is 0 Å². The van der Waals surface area contributed by atoms with Crippen molar-refractivity contribution in [3.8, 4) is 0 Å². The van der Waals surface area contributed by atoms with E-state index in [1.807, 2.05) is 0 Å². The lowest BCUT2D eigenvalue weighted by Crippen LogP contribution is -2.35. The topological polar surface area (TPSA) is 91.4 Å². The Morgan fingerprint density at radius 1 is 1.44 bits per heavy atom. The minimum Gasteiger partial charge on any atom is -0.477 e. The average molecular weight is 252 g/mol. The molecule has 2 heterocycles. The molecule has 0 bridgehead atoms. The summed E-state index contributed by atoms with van der Waals surface area (Å²) >= 11 is 0. The number of aromatic nitrogens is 1. The monoisotopic (exact) mass is 252 g/mol. The van der Waals surface area contributed by atoms with Crippen LogP contribution in [0.4, 0.5) is 0 Å². The summed E-state index contributed by atoms with van der Waals surface area (Å²) < 4.78 is 5.18. The van der Waals surface area contributed by atoms with E-state index in [1.54, 1.807) is 13.8 Å². The molecule has 0 aliphatic carbocycles. The van der Waals surface area contributed by atoms with Gasteiger partial charge >= 0.3 is 5.97 Å². The second-order valence-electron chi connectivity index (χ2n) is 4.46. The Kier molecular flexibility index (Phi) is 3.38. The molecule has 0 spiro atoms. The van der Waals surface area contributed by atoms with Crippen molar-refractivity contribution in [2.24, 2.45) is 0 Å². The lowest BCUT2D eigenvalue weighted by molar-refractivity contribution is 0.0690. The molecule has 1 aliphatic rings. The third kappa shape index (κ3) is 2.24. The molecule has 6 nitrogen and oxygen atoms in total. The number of hydrogen-bond acceptors (Lipinski definition) is 3. The van der Waals surface area contributed by atoms with Crippen LogP contribution in [0, 0.1) is 13.8 Å². The summed E-state index contributed by atoms with van der Waals surface area (Å²) in [6, 6.07) is 0.0134. The Morgan fingerprint density at radius 2 is 2.17 bits per heavy atom. The van der Waals surface area contributed by atoms with Crippen LogP contribution in [0.1, 0.15) is 38.5 Å². The van der Waals surface area contributed by atoms with E-state index < -0.39 is 5.97 Å². The first-order valence-corrected chi connectivity index (χ1v) is 5.81. The zero-order chi connectivity index (χ0) is 13.3. The molecular formula is C12H16N2O4. The summed E-state index contributed by atoms with van der Waals surface area (Å²) in [7, 11) is 0. The van der Waals surface area contributed by atoms with Crippen LogP contribution in [0.25, 0.3) is 0 Å². The van der Waals surface area contributed by atoms with Gasteiger partial charge in [0.2, 0.25) is 0 Å². The van der Waals surface area contributed by atoms with Crippen molar-refractivity contribution in [1.29, 1.82) is 0 Å². The molecule has 1 amide bonds. The lowest BCUT2D eigenvalue weighted by Gasteiger charge is -2.10. The molecule has 1 unspecified atom stereocenters. The minimum absolute atomic E-state index is 0.0134. The summed E-state index contributed by atoms with van der Waals surface area (Å²) in [6.45, 7) is 4.49. The fraction of sp³-hybridized carbons (Fsp3) is 0.500. The normalized spacial score (nSPS) is 18.9. The number of carbonyl (C=O) groups excluding carboxylic acids is 1. The van der Waals surface area contributed by atoms with Crippen molar-refractivity contribution >= 4 is 11.9 Å². The van der Waals surface area contributed by atoms with Crippen molar-refractivity contribution in [3.05, 3.63) is 22.5 Å². The highest BCUT2D eigenvalue weighted by Crippen LogP contribution is 2.18. The van der Waals surface area contributed by atoms with E-state index in [4.69, 9.17) is 9.84 Å². The minimum atomic E-state index is -1.06. The molecule has 0 radical (unpaired) electrons. The molecular weight excluding hydrogens is 236 g/mol. The summed E-state index contributed by atoms with van der Waals surface area (Å²) in [6.07, 6.45) is 0.792. The number of ether oxygens (including phenoxy) is 1. The van der Waals surface area contributed by atoms with Crippen LogP contribution >= 0.6 is 0 Å². The van der Waals surface area contributed by atoms with Crippen LogP contribution in [0.2, 0.25) is 0 Å². The largest absolute Gasteiger partial charge is 0.477 e. The Labute approximate surface area is 104 Å². The number of aromatic amines is 1. The maximum Gasteiger partial charge on any atom is 0.352 e. The number of carboxylic acids is 1. The van der Waals surface area contributed by atoms with E-state index in [-0.39, 0.29) is 17.6 Å². The van der Waals surface area contributed by atoms with Gasteiger partial charge in [0.25, 0.3) is 5.91 Å². The van der Waals surface area contributed by atoms with Gasteiger partial charge in [-0.1, -0.05) is 0 Å². The summed E-state index contributed by atoms with van der Waals surface area (Å²) in [5, 5.41) is 11.8. The van der Waals surface area contributed by atoms with Crippen LogP contribution in [-0.4, -0.2) is 41.2 Å². The lowest BCUT2D eigenvalue weighted by atomic mass is 10.1. The number of amides is 1. The molecule has 1 aromatic heterocycles. The van der Waals surface area contributed by atoms with Crippen molar-refractivity contribution in [2.45, 2.75) is 26.3 Å². The van der Waals surface area contributed by atoms with E-state index in [9.17, 15) is 9.59 Å². The second kappa shape index (κ2) is 4.81. The van der Waals surface area contributed by atoms with Gasteiger partial charge in [0.15, 0.2) is 0 Å². The van der Waals surface area contributed by atoms with Gasteiger partial charge in [-0.3, -0.25) is 4.79 Å². The van der Waals surface area contributed by atoms with E-state index in [1.165, 1.54) is 0 Å². The van der Waals surface area contributed by atoms with E-state index in [0.29, 0.717) is 30.0 Å². The van der Waals surface area contributed by atoms with Gasteiger partial charge in [-0.15, -0.1) is 0 Å². The Hall–Kier alpha value is -1.82. The van der Waals surface area contributed by atoms with Crippen LogP contribution in [-0.2, 0) is 4.74 Å². The van der Waals surface area contributed by atoms with Gasteiger partial charge in [-0.05, 0) is 25.8 Å². The zero-order valence-electron chi connectivity index (χ0n) is 10.4. The van der Waals surface area contributed by atoms with Gasteiger partial charge in [0.1, 0.15) is 5.69 Å². The highest BCUT2D eigenvalue weighted by Gasteiger charge is 2.24. The molecule has 1 fully saturated rings. The molecule has 1 aromatic rings. The predicted octanol–water partition coefficient (Wildman–Crippen LogP) is 0.848. The first kappa shape index (κ1) is 12.6. The number of carboxylic acid groups (broad SMARTS) is 1. The Balaban J connectivity index is 2.21. The highest BCUT2D eigenvalue weighted by molar-refractivity contribution is 6.00. The number of rotatable bonds is 3. The highest BCUT2D eigenvalue weighted by atomic mass is 16.5. The third-order valence-electron chi connectivity index (χ3n) is 3.14. The average Bonchev–Trinajstić information content (AvgIpc) is 2.86. The Morgan fingerprint density at radius 3 is 2.67 bits per heavy atom. The summed E-state index contributed by atoms with van der Waals surface area (Å²) in [5.74, 6) is -1.30. The number of hydrogen-bond donors (Lipinski definition) is 3. The quantitative estimate of drug-likeness (QED) is 0.743. The number of aryl methyl sites for hydroxylation is 1. The van der Waals surface area contributed by atoms with E-state index in [0.717, 1.165) is 6.42 Å². The molecule has 0 aromatic carbocycles. The van der Waals surface area contributed by atoms with Gasteiger partial charge in [-0.2, -0.15) is 0 Å². The molecule has 1 aliphatic heterocycles. The van der Waals surface area contributed by atoms with Crippen LogP contribution < -0.4 is 5.32 Å². The number of nitrogens with one attached hydrogen (secondary N) is 2. The Bertz CT molecular complexity index is 487. The molecule has 0 saturated carbocycles. The van der Waals surface area contributed by atoms with Crippen LogP contribution in [0.5, 0.6) is 0 Å². The summed E-state index contributed by atoms with van der Waals surface area (Å²) in [4.78, 5) is 25.8. The molecule has 98 valence electrons. The number of H-pyrrole nitrogens is 1. The van der Waals surface area contributed by atoms with Gasteiger partial charge in [-0.25, -0.2) is 4.79 Å². The van der Waals surface area contributed by atoms with E-state index in [2.05, 4.69) is 10.3 Å². The van der Waals surface area contributed by atoms with Crippen LogP contribution in [0.3, 0.4) is 0 Å². The second-order valence-corrected chi connectivity index (χ2v) is 4.46. The third-order valence-corrected chi connectivity index (χ3v) is 3.14. The van der Waals surface area contributed by atoms with Gasteiger partial charge < -0.3 is 20.1 Å². The molecule has 3 N–H and O–H groups in total. The SMILES string of the molecule is Cc1[nH]c(C(=O)O)c(C)c1C(=O)NC1CCOC1. The standard InChI is InChI=1S/C12H16N2O4/c1-6-9(7(2)13-10(6)12(16)17)11(15)14-8-3-4-18-5-8/h8,13H,3-5H2,1-2H3,(H,14,15)(H,16,17). The molecule has 1 atom stereocenters. The molecule has 6 heteroatoms. The van der Waals surface area contributed by atoms with Crippen molar-refractivity contribution in [3.63, 3.8) is 0 Å². The molecule has 18 heavy (non-hydrogen) atoms. The fourth-order valence-electron chi connectivity index (χ4n) is 2.21. The number of carbonyl (C=O) groups is 2. The van der Waals surface area contributed by atoms with Crippen molar-refractivity contribution in [2.75, 3.05) is 13.2 Å². The fourth-order valence-corrected chi connectivity index (χ4v) is 2.21. The van der Waals surface area contributed by atoms with Crippen molar-refractivity contribution < 1.29 is 19.4 Å². The molecule has 2 rings (SSSR count). The van der Waals surface area contributed by atoms with Crippen LogP contribution in [0.15, 0.2) is 0 Å². The smallest absolute Gasteiger partial charge is 0.352 e. The maximum absolute atomic E-state index is 12.1. The maximum atomic E-state index is 12.1. The summed E-state index contributed by atoms with van der Waals surface area (Å²) in [5.41, 5.74) is 1.53. The first-order chi connectivity index (χ1) is 8.50. The van der Waals surface area contributed by atoms with Gasteiger partial charge in [0, 0.05) is 12.3 Å². The molecule has 1 saturated heterocycles. The first-order valence-electron chi connectivity index (χ1n) is 5.81. The predicted molar refractivity (Wildman–Crippen MR) is 63.9 cm³/mol. The van der Waals surface area contributed by atoms with Crippen molar-refractivity contribution in [1.82, 2.24) is 10.3 Å². The zero-order valence-corrected chi connectivity index (χ0v) is 10.4. The number of aromatic carboxylic acids is 1. The van der Waals surface area contributed by atoms with Gasteiger partial charge in [0.05, 0.1) is 18.2 Å².